The molecule has 0 spiro atoms. The molecule has 0 atom stereocenters. The van der Waals surface area contributed by atoms with Crippen LogP contribution in [0.5, 0.6) is 0 Å². The zero-order chi connectivity index (χ0) is 14.5. The van der Waals surface area contributed by atoms with E-state index >= 15 is 0 Å². The Kier molecular flexibility index (Phi) is 4.71. The smallest absolute Gasteiger partial charge is 0.251 e. The Morgan fingerprint density at radius 1 is 1.15 bits per heavy atom. The second-order valence-electron chi connectivity index (χ2n) is 4.22. The minimum absolute atomic E-state index is 0.192. The Hall–Kier alpha value is -1.91. The molecule has 0 aliphatic carbocycles. The maximum Gasteiger partial charge on any atom is 0.251 e. The first-order valence-corrected chi connectivity index (χ1v) is 6.78. The third-order valence-corrected chi connectivity index (χ3v) is 3.41. The van der Waals surface area contributed by atoms with E-state index in [4.69, 9.17) is 29.6 Å². The number of rotatable bonds is 4. The van der Waals surface area contributed by atoms with Crippen LogP contribution in [-0.4, -0.2) is 10.9 Å². The molecule has 0 fully saturated rings. The topological polar surface area (TPSA) is 55.1 Å². The van der Waals surface area contributed by atoms with E-state index in [1.54, 1.807) is 30.3 Å². The van der Waals surface area contributed by atoms with Crippen molar-refractivity contribution in [2.45, 2.75) is 6.54 Å². The molecular formula is C15H13ClN2OS. The molecule has 3 nitrogen and oxygen atoms in total. The highest BCUT2D eigenvalue weighted by Crippen LogP contribution is 2.14. The fourth-order valence-electron chi connectivity index (χ4n) is 1.73. The number of benzene rings is 2. The average Bonchev–Trinajstić information content (AvgIpc) is 2.46. The second kappa shape index (κ2) is 6.50. The van der Waals surface area contributed by atoms with E-state index in [1.165, 1.54) is 0 Å². The summed E-state index contributed by atoms with van der Waals surface area (Å²) in [5, 5.41) is 3.44. The number of halogens is 1. The maximum absolute atomic E-state index is 12.1. The van der Waals surface area contributed by atoms with Gasteiger partial charge in [-0.25, -0.2) is 0 Å². The Bertz CT molecular complexity index is 658. The molecule has 0 aliphatic rings. The summed E-state index contributed by atoms with van der Waals surface area (Å²) in [6.45, 7) is 0.371. The predicted octanol–water partition coefficient (Wildman–Crippen LogP) is 2.90. The lowest BCUT2D eigenvalue weighted by Gasteiger charge is -2.08. The lowest BCUT2D eigenvalue weighted by atomic mass is 10.1. The molecule has 0 bridgehead atoms. The number of thiocarbonyl (C=S) groups is 1. The van der Waals surface area contributed by atoms with Gasteiger partial charge in [0.2, 0.25) is 0 Å². The minimum atomic E-state index is -0.192. The van der Waals surface area contributed by atoms with Crippen LogP contribution in [0.2, 0.25) is 5.02 Å². The van der Waals surface area contributed by atoms with Crippen LogP contribution < -0.4 is 11.1 Å². The molecule has 5 heteroatoms. The van der Waals surface area contributed by atoms with Crippen LogP contribution in [0.3, 0.4) is 0 Å². The van der Waals surface area contributed by atoms with Crippen molar-refractivity contribution in [3.8, 4) is 0 Å². The highest BCUT2D eigenvalue weighted by atomic mass is 35.5. The van der Waals surface area contributed by atoms with Gasteiger partial charge in [0.15, 0.2) is 0 Å². The van der Waals surface area contributed by atoms with Gasteiger partial charge in [-0.15, -0.1) is 0 Å². The first-order valence-electron chi connectivity index (χ1n) is 5.99. The largest absolute Gasteiger partial charge is 0.389 e. The Balaban J connectivity index is 2.07. The van der Waals surface area contributed by atoms with Crippen LogP contribution in [0.25, 0.3) is 0 Å². The van der Waals surface area contributed by atoms with Gasteiger partial charge in [-0.1, -0.05) is 54.2 Å². The van der Waals surface area contributed by atoms with Gasteiger partial charge in [0.1, 0.15) is 4.99 Å². The molecule has 2 aromatic carbocycles. The summed E-state index contributed by atoms with van der Waals surface area (Å²) in [5.74, 6) is -0.192. The van der Waals surface area contributed by atoms with Gasteiger partial charge in [0.05, 0.1) is 0 Å². The van der Waals surface area contributed by atoms with E-state index in [-0.39, 0.29) is 10.9 Å². The molecule has 0 saturated heterocycles. The molecule has 0 heterocycles. The third kappa shape index (κ3) is 3.56. The zero-order valence-electron chi connectivity index (χ0n) is 10.6. The summed E-state index contributed by atoms with van der Waals surface area (Å²) in [4.78, 5) is 12.3. The maximum atomic E-state index is 12.1. The van der Waals surface area contributed by atoms with Crippen molar-refractivity contribution in [1.82, 2.24) is 5.32 Å². The number of nitrogens with one attached hydrogen (secondary N) is 1. The molecule has 1 amide bonds. The normalized spacial score (nSPS) is 10.1. The van der Waals surface area contributed by atoms with Crippen molar-refractivity contribution < 1.29 is 4.79 Å². The fraction of sp³-hybridized carbons (Fsp3) is 0.0667. The van der Waals surface area contributed by atoms with E-state index < -0.39 is 0 Å². The van der Waals surface area contributed by atoms with Gasteiger partial charge in [0.25, 0.3) is 5.91 Å². The van der Waals surface area contributed by atoms with Gasteiger partial charge < -0.3 is 11.1 Å². The van der Waals surface area contributed by atoms with Crippen LogP contribution in [-0.2, 0) is 6.54 Å². The zero-order valence-corrected chi connectivity index (χ0v) is 12.2. The van der Waals surface area contributed by atoms with Crippen molar-refractivity contribution in [3.63, 3.8) is 0 Å². The Morgan fingerprint density at radius 2 is 1.85 bits per heavy atom. The van der Waals surface area contributed by atoms with Gasteiger partial charge in [-0.3, -0.25) is 4.79 Å². The summed E-state index contributed by atoms with van der Waals surface area (Å²) in [7, 11) is 0. The molecule has 0 radical (unpaired) electrons. The SMILES string of the molecule is NC(=S)c1cccc(C(=O)NCc2ccccc2Cl)c1. The summed E-state index contributed by atoms with van der Waals surface area (Å²) >= 11 is 10.9. The molecule has 0 aliphatic heterocycles. The predicted molar refractivity (Wildman–Crippen MR) is 85.0 cm³/mol. The van der Waals surface area contributed by atoms with Gasteiger partial charge >= 0.3 is 0 Å². The standard InChI is InChI=1S/C15H13ClN2OS/c16-13-7-2-1-4-12(13)9-18-15(19)11-6-3-5-10(8-11)14(17)20/h1-8H,9H2,(H2,17,20)(H,18,19). The molecule has 3 N–H and O–H groups in total. The van der Waals surface area contributed by atoms with Crippen molar-refractivity contribution >= 4 is 34.7 Å². The molecule has 0 saturated carbocycles. The fourth-order valence-corrected chi connectivity index (χ4v) is 2.06. The van der Waals surface area contributed by atoms with Gasteiger partial charge in [0, 0.05) is 22.7 Å². The van der Waals surface area contributed by atoms with Crippen molar-refractivity contribution in [2.24, 2.45) is 5.73 Å². The Morgan fingerprint density at radius 3 is 2.55 bits per heavy atom. The summed E-state index contributed by atoms with van der Waals surface area (Å²) in [6.07, 6.45) is 0. The quantitative estimate of drug-likeness (QED) is 0.854. The lowest BCUT2D eigenvalue weighted by molar-refractivity contribution is 0.0951. The van der Waals surface area contributed by atoms with Crippen LogP contribution in [0.4, 0.5) is 0 Å². The molecule has 2 aromatic rings. The molecule has 102 valence electrons. The van der Waals surface area contributed by atoms with E-state index in [9.17, 15) is 4.79 Å². The highest BCUT2D eigenvalue weighted by Gasteiger charge is 2.08. The monoisotopic (exact) mass is 304 g/mol. The van der Waals surface area contributed by atoms with E-state index in [2.05, 4.69) is 5.32 Å². The molecule has 20 heavy (non-hydrogen) atoms. The van der Waals surface area contributed by atoms with Crippen molar-refractivity contribution in [2.75, 3.05) is 0 Å². The second-order valence-corrected chi connectivity index (χ2v) is 5.07. The van der Waals surface area contributed by atoms with E-state index in [1.807, 2.05) is 18.2 Å². The number of hydrogen-bond donors (Lipinski definition) is 2. The average molecular weight is 305 g/mol. The van der Waals surface area contributed by atoms with Crippen molar-refractivity contribution in [3.05, 3.63) is 70.2 Å². The van der Waals surface area contributed by atoms with Crippen LogP contribution in [0.15, 0.2) is 48.5 Å². The van der Waals surface area contributed by atoms with Gasteiger partial charge in [-0.05, 0) is 23.8 Å². The summed E-state index contributed by atoms with van der Waals surface area (Å²) in [5.41, 5.74) is 7.61. The first kappa shape index (κ1) is 14.5. The number of amides is 1. The number of carbonyl (C=O) groups is 1. The van der Waals surface area contributed by atoms with Crippen molar-refractivity contribution in [1.29, 1.82) is 0 Å². The highest BCUT2D eigenvalue weighted by molar-refractivity contribution is 7.80. The van der Waals surface area contributed by atoms with E-state index in [0.717, 1.165) is 5.56 Å². The molecule has 2 rings (SSSR count). The van der Waals surface area contributed by atoms with Gasteiger partial charge in [-0.2, -0.15) is 0 Å². The molecule has 0 unspecified atom stereocenters. The van der Waals surface area contributed by atoms with Crippen LogP contribution in [0, 0.1) is 0 Å². The number of carbonyl (C=O) groups excluding carboxylic acids is 1. The van der Waals surface area contributed by atoms with E-state index in [0.29, 0.717) is 22.7 Å². The van der Waals surface area contributed by atoms with Crippen LogP contribution in [0.1, 0.15) is 21.5 Å². The molecule has 0 aromatic heterocycles. The Labute approximate surface area is 127 Å². The minimum Gasteiger partial charge on any atom is -0.389 e. The summed E-state index contributed by atoms with van der Waals surface area (Å²) in [6, 6.07) is 14.3. The molecular weight excluding hydrogens is 292 g/mol. The summed E-state index contributed by atoms with van der Waals surface area (Å²) < 4.78 is 0. The number of nitrogens with two attached hydrogens (primary N) is 1. The first-order chi connectivity index (χ1) is 9.58. The lowest BCUT2D eigenvalue weighted by Crippen LogP contribution is -2.23. The number of hydrogen-bond acceptors (Lipinski definition) is 2. The van der Waals surface area contributed by atoms with Crippen LogP contribution >= 0.6 is 23.8 Å². The third-order valence-electron chi connectivity index (χ3n) is 2.81.